The Kier molecular flexibility index (Phi) is 5.23. The van der Waals surface area contributed by atoms with Gasteiger partial charge in [-0.3, -0.25) is 4.79 Å². The lowest BCUT2D eigenvalue weighted by Crippen LogP contribution is -2.29. The van der Waals surface area contributed by atoms with E-state index in [0.29, 0.717) is 17.1 Å². The van der Waals surface area contributed by atoms with Crippen LogP contribution in [0, 0.1) is 0 Å². The van der Waals surface area contributed by atoms with Crippen molar-refractivity contribution in [2.24, 2.45) is 0 Å². The first-order valence-electron chi connectivity index (χ1n) is 7.71. The van der Waals surface area contributed by atoms with Crippen molar-refractivity contribution in [2.75, 3.05) is 24.5 Å². The van der Waals surface area contributed by atoms with Crippen molar-refractivity contribution < 1.29 is 4.79 Å². The number of nitrogens with one attached hydrogen (secondary N) is 1. The summed E-state index contributed by atoms with van der Waals surface area (Å²) in [5.41, 5.74) is 3.25. The van der Waals surface area contributed by atoms with Crippen molar-refractivity contribution in [2.45, 2.75) is 12.8 Å². The van der Waals surface area contributed by atoms with Gasteiger partial charge in [-0.1, -0.05) is 45.7 Å². The number of amides is 1. The van der Waals surface area contributed by atoms with Gasteiger partial charge in [-0.15, -0.1) is 0 Å². The number of rotatable bonds is 5. The normalized spacial score (nSPS) is 13.0. The molecule has 23 heavy (non-hydrogen) atoms. The first-order chi connectivity index (χ1) is 11.1. The number of halogens is 2. The highest BCUT2D eigenvalue weighted by Crippen LogP contribution is 2.27. The standard InChI is InChI=1S/C18H18BrClN2O/c19-14-6-7-16(20)15(12-14)18(23)21-9-3-10-22-11-8-13-4-1-2-5-17(13)22/h1-2,4-7,12H,3,8-11H2,(H,21,23). The molecule has 0 unspecified atom stereocenters. The van der Waals surface area contributed by atoms with Gasteiger partial charge in [-0.2, -0.15) is 0 Å². The van der Waals surface area contributed by atoms with Crippen LogP contribution in [0.1, 0.15) is 22.3 Å². The average molecular weight is 394 g/mol. The monoisotopic (exact) mass is 392 g/mol. The number of para-hydroxylation sites is 1. The third-order valence-corrected chi connectivity index (χ3v) is 4.87. The van der Waals surface area contributed by atoms with E-state index in [1.807, 2.05) is 6.07 Å². The molecular weight excluding hydrogens is 376 g/mol. The molecule has 0 aliphatic carbocycles. The minimum atomic E-state index is -0.127. The molecule has 2 aromatic carbocycles. The number of benzene rings is 2. The van der Waals surface area contributed by atoms with Crippen LogP contribution in [0.2, 0.25) is 5.02 Å². The Bertz CT molecular complexity index is 720. The van der Waals surface area contributed by atoms with Gasteiger partial charge in [0.05, 0.1) is 10.6 Å². The second-order valence-electron chi connectivity index (χ2n) is 5.60. The molecule has 5 heteroatoms. The lowest BCUT2D eigenvalue weighted by atomic mass is 10.2. The molecule has 3 rings (SSSR count). The fourth-order valence-electron chi connectivity index (χ4n) is 2.88. The van der Waals surface area contributed by atoms with Crippen molar-refractivity contribution in [1.82, 2.24) is 5.32 Å². The Morgan fingerprint density at radius 3 is 2.96 bits per heavy atom. The highest BCUT2D eigenvalue weighted by atomic mass is 79.9. The summed E-state index contributed by atoms with van der Waals surface area (Å²) in [6, 6.07) is 13.8. The second kappa shape index (κ2) is 7.37. The quantitative estimate of drug-likeness (QED) is 0.769. The zero-order chi connectivity index (χ0) is 16.2. The molecule has 1 heterocycles. The largest absolute Gasteiger partial charge is 0.371 e. The Labute approximate surface area is 149 Å². The molecule has 3 nitrogen and oxygen atoms in total. The van der Waals surface area contributed by atoms with Crippen LogP contribution in [-0.2, 0) is 6.42 Å². The maximum Gasteiger partial charge on any atom is 0.252 e. The average Bonchev–Trinajstić information content (AvgIpc) is 2.97. The Morgan fingerprint density at radius 2 is 2.09 bits per heavy atom. The summed E-state index contributed by atoms with van der Waals surface area (Å²) in [5, 5.41) is 3.42. The van der Waals surface area contributed by atoms with E-state index in [-0.39, 0.29) is 5.91 Å². The molecule has 0 saturated heterocycles. The van der Waals surface area contributed by atoms with Crippen LogP contribution in [0.4, 0.5) is 5.69 Å². The van der Waals surface area contributed by atoms with Crippen LogP contribution in [0.15, 0.2) is 46.9 Å². The number of hydrogen-bond acceptors (Lipinski definition) is 2. The van der Waals surface area contributed by atoms with Crippen molar-refractivity contribution in [3.05, 3.63) is 63.1 Å². The molecule has 2 aromatic rings. The van der Waals surface area contributed by atoms with Crippen molar-refractivity contribution >= 4 is 39.1 Å². The summed E-state index contributed by atoms with van der Waals surface area (Å²) in [6.07, 6.45) is 2.02. The number of anilines is 1. The molecule has 0 saturated carbocycles. The van der Waals surface area contributed by atoms with Crippen LogP contribution < -0.4 is 10.2 Å². The zero-order valence-corrected chi connectivity index (χ0v) is 15.0. The summed E-state index contributed by atoms with van der Waals surface area (Å²) in [4.78, 5) is 14.6. The number of fused-ring (bicyclic) bond motifs is 1. The van der Waals surface area contributed by atoms with Crippen LogP contribution in [0.25, 0.3) is 0 Å². The Morgan fingerprint density at radius 1 is 1.26 bits per heavy atom. The van der Waals surface area contributed by atoms with Crippen LogP contribution in [-0.4, -0.2) is 25.5 Å². The summed E-state index contributed by atoms with van der Waals surface area (Å²) in [7, 11) is 0. The molecule has 1 N–H and O–H groups in total. The van der Waals surface area contributed by atoms with E-state index in [4.69, 9.17) is 11.6 Å². The van der Waals surface area contributed by atoms with Crippen molar-refractivity contribution in [1.29, 1.82) is 0 Å². The number of hydrogen-bond donors (Lipinski definition) is 1. The van der Waals surface area contributed by atoms with Gasteiger partial charge in [0.1, 0.15) is 0 Å². The van der Waals surface area contributed by atoms with E-state index in [2.05, 4.69) is 50.4 Å². The van der Waals surface area contributed by atoms with Crippen LogP contribution in [0.3, 0.4) is 0 Å². The van der Waals surface area contributed by atoms with Gasteiger partial charge in [0.15, 0.2) is 0 Å². The fourth-order valence-corrected chi connectivity index (χ4v) is 3.44. The summed E-state index contributed by atoms with van der Waals surface area (Å²) in [5.74, 6) is -0.127. The van der Waals surface area contributed by atoms with E-state index in [1.54, 1.807) is 12.1 Å². The molecule has 0 radical (unpaired) electrons. The molecule has 120 valence electrons. The summed E-state index contributed by atoms with van der Waals surface area (Å²) >= 11 is 9.44. The smallest absolute Gasteiger partial charge is 0.252 e. The highest BCUT2D eigenvalue weighted by molar-refractivity contribution is 9.10. The van der Waals surface area contributed by atoms with Gasteiger partial charge < -0.3 is 10.2 Å². The third-order valence-electron chi connectivity index (χ3n) is 4.05. The van der Waals surface area contributed by atoms with E-state index >= 15 is 0 Å². The fraction of sp³-hybridized carbons (Fsp3) is 0.278. The molecule has 1 aliphatic heterocycles. The van der Waals surface area contributed by atoms with E-state index in [0.717, 1.165) is 30.4 Å². The lowest BCUT2D eigenvalue weighted by molar-refractivity contribution is 0.0953. The Hall–Kier alpha value is -1.52. The predicted molar refractivity (Wildman–Crippen MR) is 98.5 cm³/mol. The van der Waals surface area contributed by atoms with Gasteiger partial charge in [0.2, 0.25) is 0 Å². The SMILES string of the molecule is O=C(NCCCN1CCc2ccccc21)c1cc(Br)ccc1Cl. The van der Waals surface area contributed by atoms with Crippen molar-refractivity contribution in [3.8, 4) is 0 Å². The molecule has 0 spiro atoms. The van der Waals surface area contributed by atoms with Gasteiger partial charge in [-0.05, 0) is 42.7 Å². The first-order valence-corrected chi connectivity index (χ1v) is 8.88. The first kappa shape index (κ1) is 16.3. The lowest BCUT2D eigenvalue weighted by Gasteiger charge is -2.19. The maximum atomic E-state index is 12.2. The minimum Gasteiger partial charge on any atom is -0.371 e. The second-order valence-corrected chi connectivity index (χ2v) is 6.92. The van der Waals surface area contributed by atoms with E-state index < -0.39 is 0 Å². The maximum absolute atomic E-state index is 12.2. The molecule has 0 atom stereocenters. The summed E-state index contributed by atoms with van der Waals surface area (Å²) in [6.45, 7) is 2.65. The molecule has 0 fully saturated rings. The van der Waals surface area contributed by atoms with Gasteiger partial charge in [-0.25, -0.2) is 0 Å². The van der Waals surface area contributed by atoms with Crippen molar-refractivity contribution in [3.63, 3.8) is 0 Å². The van der Waals surface area contributed by atoms with Crippen LogP contribution in [0.5, 0.6) is 0 Å². The molecule has 0 bridgehead atoms. The number of nitrogens with zero attached hydrogens (tertiary/aromatic N) is 1. The van der Waals surface area contributed by atoms with E-state index in [1.165, 1.54) is 11.3 Å². The third kappa shape index (κ3) is 3.88. The topological polar surface area (TPSA) is 32.3 Å². The Balaban J connectivity index is 1.49. The van der Waals surface area contributed by atoms with E-state index in [9.17, 15) is 4.79 Å². The molecule has 1 aliphatic rings. The number of carbonyl (C=O) groups excluding carboxylic acids is 1. The number of carbonyl (C=O) groups is 1. The van der Waals surface area contributed by atoms with Gasteiger partial charge in [0, 0.05) is 29.8 Å². The molecular formula is C18H18BrClN2O. The van der Waals surface area contributed by atoms with Gasteiger partial charge in [0.25, 0.3) is 5.91 Å². The molecule has 0 aromatic heterocycles. The predicted octanol–water partition coefficient (Wildman–Crippen LogP) is 4.29. The minimum absolute atomic E-state index is 0.127. The van der Waals surface area contributed by atoms with Crippen LogP contribution >= 0.6 is 27.5 Å². The molecule has 1 amide bonds. The summed E-state index contributed by atoms with van der Waals surface area (Å²) < 4.78 is 0.848. The zero-order valence-electron chi connectivity index (χ0n) is 12.7. The van der Waals surface area contributed by atoms with Gasteiger partial charge >= 0.3 is 0 Å². The highest BCUT2D eigenvalue weighted by Gasteiger charge is 2.17.